The van der Waals surface area contributed by atoms with Crippen molar-refractivity contribution in [1.29, 1.82) is 0 Å². The summed E-state index contributed by atoms with van der Waals surface area (Å²) in [6.07, 6.45) is 3.73. The van der Waals surface area contributed by atoms with Gasteiger partial charge in [0.25, 0.3) is 0 Å². The Bertz CT molecular complexity index is 180. The molecule has 1 heterocycles. The van der Waals surface area contributed by atoms with Crippen molar-refractivity contribution >= 4 is 16.9 Å². The first-order valence-corrected chi connectivity index (χ1v) is 6.33. The van der Waals surface area contributed by atoms with Gasteiger partial charge in [0.2, 0.25) is 0 Å². The van der Waals surface area contributed by atoms with Gasteiger partial charge >= 0.3 is 0 Å². The van der Waals surface area contributed by atoms with Gasteiger partial charge in [-0.1, -0.05) is 11.8 Å². The van der Waals surface area contributed by atoms with Crippen molar-refractivity contribution in [3.05, 3.63) is 0 Å². The fourth-order valence-corrected chi connectivity index (χ4v) is 2.17. The van der Waals surface area contributed by atoms with Crippen LogP contribution in [-0.2, 0) is 0 Å². The minimum atomic E-state index is 1.01. The molecule has 0 spiro atoms. The van der Waals surface area contributed by atoms with Crippen molar-refractivity contribution in [1.82, 2.24) is 10.2 Å². The van der Waals surface area contributed by atoms with Gasteiger partial charge in [-0.25, -0.2) is 0 Å². The molecule has 0 amide bonds. The second-order valence-corrected chi connectivity index (χ2v) is 4.91. The second kappa shape index (κ2) is 7.12. The molecule has 0 aromatic rings. The first kappa shape index (κ1) is 11.9. The van der Waals surface area contributed by atoms with Crippen molar-refractivity contribution in [2.24, 2.45) is 4.99 Å². The van der Waals surface area contributed by atoms with E-state index in [4.69, 9.17) is 0 Å². The predicted octanol–water partition coefficient (Wildman–Crippen LogP) is 1.41. The fraction of sp³-hybridized carbons (Fsp3) is 0.900. The number of aliphatic imine (C=N–C) groups is 1. The molecule has 82 valence electrons. The molecule has 1 aliphatic heterocycles. The van der Waals surface area contributed by atoms with Crippen LogP contribution in [0.25, 0.3) is 0 Å². The average molecular weight is 215 g/mol. The van der Waals surface area contributed by atoms with Crippen LogP contribution in [0.3, 0.4) is 0 Å². The minimum Gasteiger partial charge on any atom is -0.365 e. The van der Waals surface area contributed by atoms with Gasteiger partial charge in [-0.3, -0.25) is 4.99 Å². The van der Waals surface area contributed by atoms with Gasteiger partial charge in [-0.15, -0.1) is 0 Å². The first-order valence-electron chi connectivity index (χ1n) is 5.35. The van der Waals surface area contributed by atoms with E-state index in [1.165, 1.54) is 31.6 Å². The molecular weight excluding hydrogens is 194 g/mol. The molecule has 0 saturated carbocycles. The molecule has 3 nitrogen and oxygen atoms in total. The van der Waals surface area contributed by atoms with Crippen molar-refractivity contribution in [2.75, 3.05) is 39.5 Å². The van der Waals surface area contributed by atoms with Crippen LogP contribution >= 0.6 is 11.8 Å². The van der Waals surface area contributed by atoms with Crippen molar-refractivity contribution < 1.29 is 0 Å². The standard InChI is InChI=1S/C10H21N3S/c1-13(2)8-4-3-6-11-10-12-7-5-9-14-10/h3-9H2,1-2H3,(H,11,12). The Kier molecular flexibility index (Phi) is 6.03. The zero-order valence-electron chi connectivity index (χ0n) is 9.25. The number of unbranched alkanes of at least 4 members (excludes halogenated alkanes) is 1. The van der Waals surface area contributed by atoms with E-state index in [0.29, 0.717) is 0 Å². The molecule has 0 unspecified atom stereocenters. The molecule has 0 fully saturated rings. The maximum Gasteiger partial charge on any atom is 0.156 e. The first-order chi connectivity index (χ1) is 6.79. The van der Waals surface area contributed by atoms with Crippen LogP contribution in [0.1, 0.15) is 19.3 Å². The Balaban J connectivity index is 1.95. The maximum absolute atomic E-state index is 4.42. The predicted molar refractivity (Wildman–Crippen MR) is 65.2 cm³/mol. The highest BCUT2D eigenvalue weighted by atomic mass is 32.2. The van der Waals surface area contributed by atoms with Crippen LogP contribution in [0.4, 0.5) is 0 Å². The van der Waals surface area contributed by atoms with Gasteiger partial charge in [-0.2, -0.15) is 0 Å². The monoisotopic (exact) mass is 215 g/mol. The summed E-state index contributed by atoms with van der Waals surface area (Å²) in [5.74, 6) is 1.23. The molecular formula is C10H21N3S. The Morgan fingerprint density at radius 3 is 2.93 bits per heavy atom. The smallest absolute Gasteiger partial charge is 0.156 e. The van der Waals surface area contributed by atoms with E-state index in [9.17, 15) is 0 Å². The van der Waals surface area contributed by atoms with Crippen LogP contribution in [0.2, 0.25) is 0 Å². The molecule has 0 bridgehead atoms. The zero-order valence-corrected chi connectivity index (χ0v) is 10.1. The van der Waals surface area contributed by atoms with Crippen molar-refractivity contribution in [3.8, 4) is 0 Å². The summed E-state index contributed by atoms with van der Waals surface area (Å²) < 4.78 is 0. The van der Waals surface area contributed by atoms with Gasteiger partial charge < -0.3 is 10.2 Å². The van der Waals surface area contributed by atoms with E-state index in [1.54, 1.807) is 0 Å². The van der Waals surface area contributed by atoms with Gasteiger partial charge in [0, 0.05) is 18.8 Å². The van der Waals surface area contributed by atoms with Gasteiger partial charge in [-0.05, 0) is 39.9 Å². The fourth-order valence-electron chi connectivity index (χ4n) is 1.31. The highest BCUT2D eigenvalue weighted by Crippen LogP contribution is 2.09. The van der Waals surface area contributed by atoms with E-state index in [0.717, 1.165) is 18.3 Å². The molecule has 0 aromatic heterocycles. The molecule has 0 radical (unpaired) electrons. The van der Waals surface area contributed by atoms with Gasteiger partial charge in [0.1, 0.15) is 0 Å². The lowest BCUT2D eigenvalue weighted by molar-refractivity contribution is 0.394. The normalized spacial score (nSPS) is 16.9. The number of nitrogens with one attached hydrogen (secondary N) is 1. The molecule has 0 aliphatic carbocycles. The SMILES string of the molecule is CN(C)CCCCNC1=NCCCS1. The van der Waals surface area contributed by atoms with E-state index >= 15 is 0 Å². The lowest BCUT2D eigenvalue weighted by atomic mass is 10.3. The summed E-state index contributed by atoms with van der Waals surface area (Å²) >= 11 is 1.86. The zero-order chi connectivity index (χ0) is 10.2. The maximum atomic E-state index is 4.42. The Morgan fingerprint density at radius 1 is 1.43 bits per heavy atom. The molecule has 0 saturated heterocycles. The number of nitrogens with zero attached hydrogens (tertiary/aromatic N) is 2. The van der Waals surface area contributed by atoms with E-state index in [1.807, 2.05) is 11.8 Å². The lowest BCUT2D eigenvalue weighted by Gasteiger charge is -2.13. The van der Waals surface area contributed by atoms with Gasteiger partial charge in [0.15, 0.2) is 5.17 Å². The third-order valence-corrected chi connectivity index (χ3v) is 3.14. The molecule has 1 N–H and O–H groups in total. The second-order valence-electron chi connectivity index (χ2n) is 3.83. The molecule has 0 atom stereocenters. The quantitative estimate of drug-likeness (QED) is 0.703. The topological polar surface area (TPSA) is 27.6 Å². The number of thioether (sulfide) groups is 1. The molecule has 4 heteroatoms. The van der Waals surface area contributed by atoms with Crippen LogP contribution in [0.15, 0.2) is 4.99 Å². The highest BCUT2D eigenvalue weighted by Gasteiger charge is 2.03. The number of amidine groups is 1. The van der Waals surface area contributed by atoms with Crippen LogP contribution < -0.4 is 5.32 Å². The summed E-state index contributed by atoms with van der Waals surface area (Å²) in [4.78, 5) is 6.65. The van der Waals surface area contributed by atoms with Crippen LogP contribution in [0, 0.1) is 0 Å². The molecule has 1 aliphatic rings. The summed E-state index contributed by atoms with van der Waals surface area (Å²) in [6, 6.07) is 0. The number of rotatable bonds is 5. The third-order valence-electron chi connectivity index (χ3n) is 2.10. The van der Waals surface area contributed by atoms with E-state index < -0.39 is 0 Å². The van der Waals surface area contributed by atoms with Crippen molar-refractivity contribution in [2.45, 2.75) is 19.3 Å². The van der Waals surface area contributed by atoms with Crippen LogP contribution in [0.5, 0.6) is 0 Å². The third kappa shape index (κ3) is 5.50. The number of hydrogen-bond acceptors (Lipinski definition) is 4. The molecule has 0 aromatic carbocycles. The Labute approximate surface area is 91.3 Å². The van der Waals surface area contributed by atoms with E-state index in [2.05, 4.69) is 29.3 Å². The summed E-state index contributed by atoms with van der Waals surface area (Å²) in [7, 11) is 4.24. The Morgan fingerprint density at radius 2 is 2.29 bits per heavy atom. The largest absolute Gasteiger partial charge is 0.365 e. The molecule has 1 rings (SSSR count). The summed E-state index contributed by atoms with van der Waals surface area (Å²) in [6.45, 7) is 3.26. The minimum absolute atomic E-state index is 1.01. The summed E-state index contributed by atoms with van der Waals surface area (Å²) in [5.41, 5.74) is 0. The van der Waals surface area contributed by atoms with Gasteiger partial charge in [0.05, 0.1) is 0 Å². The Hall–Kier alpha value is -0.220. The molecule has 14 heavy (non-hydrogen) atoms. The average Bonchev–Trinajstić information content (AvgIpc) is 2.18. The summed E-state index contributed by atoms with van der Waals surface area (Å²) in [5, 5.41) is 4.54. The number of hydrogen-bond donors (Lipinski definition) is 1. The van der Waals surface area contributed by atoms with E-state index in [-0.39, 0.29) is 0 Å². The lowest BCUT2D eigenvalue weighted by Crippen LogP contribution is -2.25. The van der Waals surface area contributed by atoms with Crippen molar-refractivity contribution in [3.63, 3.8) is 0 Å². The van der Waals surface area contributed by atoms with Crippen LogP contribution in [-0.4, -0.2) is 49.6 Å². The highest BCUT2D eigenvalue weighted by molar-refractivity contribution is 8.13.